The minimum Gasteiger partial charge on any atom is -0.249 e. The van der Waals surface area contributed by atoms with Crippen molar-refractivity contribution < 1.29 is 0 Å². The first kappa shape index (κ1) is 8.70. The molecule has 0 unspecified atom stereocenters. The van der Waals surface area contributed by atoms with Crippen molar-refractivity contribution in [2.45, 2.75) is 26.7 Å². The summed E-state index contributed by atoms with van der Waals surface area (Å²) in [5.74, 6) is 0. The Labute approximate surface area is 61.4 Å². The number of allylic oxidation sites excluding steroid dienone is 1. The van der Waals surface area contributed by atoms with Gasteiger partial charge in [0, 0.05) is 6.21 Å². The topological polar surface area (TPSA) is 12.4 Å². The van der Waals surface area contributed by atoms with Crippen LogP contribution in [0, 0.1) is 0 Å². The molecular formula is C7H12ClN. The number of halogens is 1. The highest BCUT2D eigenvalue weighted by Crippen LogP contribution is 2.02. The average molecular weight is 146 g/mol. The van der Waals surface area contributed by atoms with Crippen molar-refractivity contribution in [1.82, 2.24) is 0 Å². The normalized spacial score (nSPS) is 13.0. The molecule has 0 fully saturated rings. The highest BCUT2D eigenvalue weighted by molar-refractivity contribution is 6.29. The van der Waals surface area contributed by atoms with Crippen LogP contribution in [0.3, 0.4) is 0 Å². The van der Waals surface area contributed by atoms with Crippen LogP contribution >= 0.6 is 11.6 Å². The quantitative estimate of drug-likeness (QED) is 0.428. The maximum atomic E-state index is 5.62. The van der Waals surface area contributed by atoms with E-state index in [1.165, 1.54) is 0 Å². The van der Waals surface area contributed by atoms with Crippen molar-refractivity contribution >= 4 is 17.8 Å². The minimum atomic E-state index is 0.597. The molecule has 0 aromatic heterocycles. The SMILES string of the molecule is CC/C=N\C(Cl)=C/CC. The highest BCUT2D eigenvalue weighted by atomic mass is 35.5. The van der Waals surface area contributed by atoms with E-state index in [9.17, 15) is 0 Å². The highest BCUT2D eigenvalue weighted by Gasteiger charge is 1.79. The van der Waals surface area contributed by atoms with E-state index in [4.69, 9.17) is 11.6 Å². The summed E-state index contributed by atoms with van der Waals surface area (Å²) in [6, 6.07) is 0. The molecule has 0 saturated heterocycles. The lowest BCUT2D eigenvalue weighted by Gasteiger charge is -1.84. The molecule has 0 heterocycles. The van der Waals surface area contributed by atoms with Crippen molar-refractivity contribution in [3.63, 3.8) is 0 Å². The Kier molecular flexibility index (Phi) is 5.64. The second-order valence-electron chi connectivity index (χ2n) is 1.66. The number of aliphatic imine (C=N–C) groups is 1. The average Bonchev–Trinajstić information content (AvgIpc) is 1.85. The zero-order valence-corrected chi connectivity index (χ0v) is 6.65. The fraction of sp³-hybridized carbons (Fsp3) is 0.571. The summed E-state index contributed by atoms with van der Waals surface area (Å²) in [7, 11) is 0. The zero-order chi connectivity index (χ0) is 7.11. The first-order chi connectivity index (χ1) is 4.31. The lowest BCUT2D eigenvalue weighted by molar-refractivity contribution is 1.20. The Balaban J connectivity index is 3.60. The Hall–Kier alpha value is -0.300. The van der Waals surface area contributed by atoms with E-state index in [1.807, 2.05) is 19.9 Å². The lowest BCUT2D eigenvalue weighted by Crippen LogP contribution is -1.68. The Morgan fingerprint density at radius 2 is 2.11 bits per heavy atom. The zero-order valence-electron chi connectivity index (χ0n) is 5.89. The predicted molar refractivity (Wildman–Crippen MR) is 43.0 cm³/mol. The van der Waals surface area contributed by atoms with Crippen molar-refractivity contribution in [1.29, 1.82) is 0 Å². The molecular weight excluding hydrogens is 134 g/mol. The summed E-state index contributed by atoms with van der Waals surface area (Å²) >= 11 is 5.62. The minimum absolute atomic E-state index is 0.597. The fourth-order valence-electron chi connectivity index (χ4n) is 0.400. The van der Waals surface area contributed by atoms with Gasteiger partial charge in [0.15, 0.2) is 0 Å². The van der Waals surface area contributed by atoms with E-state index in [0.717, 1.165) is 12.8 Å². The molecule has 0 spiro atoms. The van der Waals surface area contributed by atoms with Crippen LogP contribution in [0.2, 0.25) is 0 Å². The van der Waals surface area contributed by atoms with Crippen LogP contribution < -0.4 is 0 Å². The third-order valence-electron chi connectivity index (χ3n) is 0.770. The fourth-order valence-corrected chi connectivity index (χ4v) is 0.623. The monoisotopic (exact) mass is 145 g/mol. The van der Waals surface area contributed by atoms with Gasteiger partial charge in [-0.1, -0.05) is 25.4 Å². The predicted octanol–water partition coefficient (Wildman–Crippen LogP) is 2.96. The maximum absolute atomic E-state index is 5.62. The van der Waals surface area contributed by atoms with E-state index in [2.05, 4.69) is 4.99 Å². The molecule has 0 aliphatic rings. The summed E-state index contributed by atoms with van der Waals surface area (Å²) in [6.07, 6.45) is 5.57. The third kappa shape index (κ3) is 5.57. The van der Waals surface area contributed by atoms with Gasteiger partial charge in [-0.05, 0) is 18.9 Å². The van der Waals surface area contributed by atoms with E-state index >= 15 is 0 Å². The largest absolute Gasteiger partial charge is 0.249 e. The summed E-state index contributed by atoms with van der Waals surface area (Å²) < 4.78 is 0. The lowest BCUT2D eigenvalue weighted by atomic mass is 10.5. The van der Waals surface area contributed by atoms with E-state index < -0.39 is 0 Å². The molecule has 0 saturated carbocycles. The van der Waals surface area contributed by atoms with Crippen LogP contribution in [0.4, 0.5) is 0 Å². The number of nitrogens with zero attached hydrogens (tertiary/aromatic N) is 1. The molecule has 0 atom stereocenters. The summed E-state index contributed by atoms with van der Waals surface area (Å²) in [4.78, 5) is 3.93. The van der Waals surface area contributed by atoms with Gasteiger partial charge >= 0.3 is 0 Å². The Morgan fingerprint density at radius 1 is 1.44 bits per heavy atom. The molecule has 0 rings (SSSR count). The second-order valence-corrected chi connectivity index (χ2v) is 2.04. The van der Waals surface area contributed by atoms with E-state index in [0.29, 0.717) is 5.16 Å². The van der Waals surface area contributed by atoms with Crippen LogP contribution in [-0.4, -0.2) is 6.21 Å². The van der Waals surface area contributed by atoms with Crippen LogP contribution in [-0.2, 0) is 0 Å². The van der Waals surface area contributed by atoms with Gasteiger partial charge in [0.1, 0.15) is 5.16 Å². The molecule has 0 amide bonds. The number of rotatable bonds is 3. The van der Waals surface area contributed by atoms with Gasteiger partial charge in [0.2, 0.25) is 0 Å². The van der Waals surface area contributed by atoms with Crippen LogP contribution in [0.15, 0.2) is 16.2 Å². The molecule has 0 aliphatic heterocycles. The summed E-state index contributed by atoms with van der Waals surface area (Å²) in [5.41, 5.74) is 0. The van der Waals surface area contributed by atoms with Gasteiger partial charge in [-0.2, -0.15) is 0 Å². The molecule has 0 radical (unpaired) electrons. The molecule has 52 valence electrons. The number of hydrogen-bond donors (Lipinski definition) is 0. The molecule has 0 aliphatic carbocycles. The molecule has 0 bridgehead atoms. The van der Waals surface area contributed by atoms with Gasteiger partial charge in [-0.3, -0.25) is 0 Å². The number of hydrogen-bond acceptors (Lipinski definition) is 1. The van der Waals surface area contributed by atoms with Crippen LogP contribution in [0.25, 0.3) is 0 Å². The first-order valence-electron chi connectivity index (χ1n) is 3.19. The maximum Gasteiger partial charge on any atom is 0.124 e. The second kappa shape index (κ2) is 5.83. The van der Waals surface area contributed by atoms with Crippen LogP contribution in [0.1, 0.15) is 26.7 Å². The Bertz CT molecular complexity index is 116. The molecule has 1 nitrogen and oxygen atoms in total. The van der Waals surface area contributed by atoms with Crippen LogP contribution in [0.5, 0.6) is 0 Å². The van der Waals surface area contributed by atoms with Gasteiger partial charge in [-0.25, -0.2) is 4.99 Å². The molecule has 2 heteroatoms. The van der Waals surface area contributed by atoms with Crippen molar-refractivity contribution in [2.75, 3.05) is 0 Å². The Morgan fingerprint density at radius 3 is 2.56 bits per heavy atom. The van der Waals surface area contributed by atoms with E-state index in [-0.39, 0.29) is 0 Å². The molecule has 0 aromatic carbocycles. The third-order valence-corrected chi connectivity index (χ3v) is 1.02. The molecule has 0 aromatic rings. The smallest absolute Gasteiger partial charge is 0.124 e. The summed E-state index contributed by atoms with van der Waals surface area (Å²) in [6.45, 7) is 4.06. The van der Waals surface area contributed by atoms with E-state index in [1.54, 1.807) is 6.21 Å². The first-order valence-corrected chi connectivity index (χ1v) is 3.57. The summed E-state index contributed by atoms with van der Waals surface area (Å²) in [5, 5.41) is 0.597. The van der Waals surface area contributed by atoms with Gasteiger partial charge in [0.05, 0.1) is 0 Å². The van der Waals surface area contributed by atoms with Crippen molar-refractivity contribution in [3.05, 3.63) is 11.2 Å². The molecule has 9 heavy (non-hydrogen) atoms. The molecule has 0 N–H and O–H groups in total. The van der Waals surface area contributed by atoms with Gasteiger partial charge < -0.3 is 0 Å². The van der Waals surface area contributed by atoms with Gasteiger partial charge in [0.25, 0.3) is 0 Å². The van der Waals surface area contributed by atoms with Crippen molar-refractivity contribution in [3.8, 4) is 0 Å². The van der Waals surface area contributed by atoms with Crippen molar-refractivity contribution in [2.24, 2.45) is 4.99 Å². The van der Waals surface area contributed by atoms with Gasteiger partial charge in [-0.15, -0.1) is 0 Å². The standard InChI is InChI=1S/C7H12ClN/c1-3-5-7(8)9-6-4-2/h5-6H,3-4H2,1-2H3/b7-5-,9-6-.